The number of aromatic nitrogens is 2. The summed E-state index contributed by atoms with van der Waals surface area (Å²) in [5.41, 5.74) is 6.35. The maximum Gasteiger partial charge on any atom is 0.242 e. The highest BCUT2D eigenvalue weighted by atomic mass is 35.5. The quantitative estimate of drug-likeness (QED) is 0.885. The minimum Gasteiger partial charge on any atom is -0.476 e. The lowest BCUT2D eigenvalue weighted by molar-refractivity contribution is 0.307. The van der Waals surface area contributed by atoms with Crippen LogP contribution in [0.4, 0.5) is 21.6 Å². The number of hydrogen-bond donors (Lipinski definition) is 2. The molecule has 3 N–H and O–H groups in total. The van der Waals surface area contributed by atoms with Crippen molar-refractivity contribution in [2.24, 2.45) is 0 Å². The van der Waals surface area contributed by atoms with Gasteiger partial charge in [0.15, 0.2) is 5.82 Å². The van der Waals surface area contributed by atoms with Crippen LogP contribution in [0.25, 0.3) is 0 Å². The van der Waals surface area contributed by atoms with Crippen molar-refractivity contribution in [3.05, 3.63) is 35.4 Å². The number of nitrogens with one attached hydrogen (secondary N) is 1. The normalized spacial score (nSPS) is 10.3. The Bertz CT molecular complexity index is 609. The second-order valence-corrected chi connectivity index (χ2v) is 4.48. The van der Waals surface area contributed by atoms with E-state index in [9.17, 15) is 4.39 Å². The molecule has 1 heterocycles. The molecular formula is C13H14ClFN4O. The lowest BCUT2D eigenvalue weighted by Crippen LogP contribution is -2.06. The molecular weight excluding hydrogens is 283 g/mol. The van der Waals surface area contributed by atoms with Gasteiger partial charge in [0.1, 0.15) is 17.8 Å². The lowest BCUT2D eigenvalue weighted by atomic mass is 10.3. The van der Waals surface area contributed by atoms with E-state index in [1.54, 1.807) is 6.07 Å². The molecule has 2 aromatic rings. The number of benzene rings is 1. The molecule has 20 heavy (non-hydrogen) atoms. The van der Waals surface area contributed by atoms with Crippen molar-refractivity contribution in [2.45, 2.75) is 13.3 Å². The summed E-state index contributed by atoms with van der Waals surface area (Å²) in [7, 11) is 0. The predicted octanol–water partition coefficient (Wildman–Crippen LogP) is 3.38. The van der Waals surface area contributed by atoms with Crippen molar-refractivity contribution in [1.82, 2.24) is 9.97 Å². The van der Waals surface area contributed by atoms with Crippen LogP contribution in [0.2, 0.25) is 5.02 Å². The Morgan fingerprint density at radius 1 is 1.40 bits per heavy atom. The van der Waals surface area contributed by atoms with Crippen LogP contribution in [0.5, 0.6) is 5.88 Å². The van der Waals surface area contributed by atoms with Crippen molar-refractivity contribution in [3.8, 4) is 5.88 Å². The van der Waals surface area contributed by atoms with Crippen LogP contribution in [-0.4, -0.2) is 16.6 Å². The van der Waals surface area contributed by atoms with Crippen molar-refractivity contribution in [1.29, 1.82) is 0 Å². The third-order valence-electron chi connectivity index (χ3n) is 2.47. The standard InChI is InChI=1S/C13H14ClFN4O/c1-2-5-20-13-11(16)12(17-7-18-13)19-10-4-3-8(14)6-9(10)15/h3-4,6-7H,2,5,16H2,1H3,(H,17,18,19). The van der Waals surface area contributed by atoms with E-state index >= 15 is 0 Å². The summed E-state index contributed by atoms with van der Waals surface area (Å²) in [6.45, 7) is 2.47. The highest BCUT2D eigenvalue weighted by Crippen LogP contribution is 2.29. The lowest BCUT2D eigenvalue weighted by Gasteiger charge is -2.12. The topological polar surface area (TPSA) is 73.1 Å². The monoisotopic (exact) mass is 296 g/mol. The van der Waals surface area contributed by atoms with Crippen LogP contribution >= 0.6 is 11.6 Å². The Morgan fingerprint density at radius 3 is 2.90 bits per heavy atom. The first-order valence-electron chi connectivity index (χ1n) is 6.07. The number of nitrogens with two attached hydrogens (primary N) is 1. The SMILES string of the molecule is CCCOc1ncnc(Nc2ccc(Cl)cc2F)c1N. The van der Waals surface area contributed by atoms with E-state index in [1.807, 2.05) is 6.92 Å². The van der Waals surface area contributed by atoms with Crippen LogP contribution in [0.15, 0.2) is 24.5 Å². The van der Waals surface area contributed by atoms with Crippen LogP contribution < -0.4 is 15.8 Å². The Hall–Kier alpha value is -2.08. The Kier molecular flexibility index (Phi) is 4.57. The van der Waals surface area contributed by atoms with Crippen LogP contribution in [0.1, 0.15) is 13.3 Å². The summed E-state index contributed by atoms with van der Waals surface area (Å²) in [5, 5.41) is 3.11. The van der Waals surface area contributed by atoms with E-state index in [0.717, 1.165) is 6.42 Å². The maximum absolute atomic E-state index is 13.7. The van der Waals surface area contributed by atoms with Crippen LogP contribution in [-0.2, 0) is 0 Å². The number of nitrogen functional groups attached to an aromatic ring is 1. The zero-order chi connectivity index (χ0) is 14.5. The molecule has 0 aliphatic rings. The van der Waals surface area contributed by atoms with Crippen molar-refractivity contribution >= 4 is 28.8 Å². The second kappa shape index (κ2) is 6.38. The summed E-state index contributed by atoms with van der Waals surface area (Å²) < 4.78 is 19.1. The van der Waals surface area contributed by atoms with Gasteiger partial charge in [0, 0.05) is 5.02 Å². The van der Waals surface area contributed by atoms with E-state index in [0.29, 0.717) is 11.6 Å². The predicted molar refractivity (Wildman–Crippen MR) is 76.9 cm³/mol. The molecule has 7 heteroatoms. The van der Waals surface area contributed by atoms with Gasteiger partial charge in [-0.3, -0.25) is 0 Å². The highest BCUT2D eigenvalue weighted by molar-refractivity contribution is 6.30. The van der Waals surface area contributed by atoms with Crippen molar-refractivity contribution < 1.29 is 9.13 Å². The van der Waals surface area contributed by atoms with Crippen molar-refractivity contribution in [2.75, 3.05) is 17.7 Å². The molecule has 1 aromatic carbocycles. The zero-order valence-electron chi connectivity index (χ0n) is 10.9. The molecule has 0 aliphatic carbocycles. The summed E-state index contributed by atoms with van der Waals surface area (Å²) in [5.74, 6) is 0.0672. The maximum atomic E-state index is 13.7. The molecule has 0 atom stereocenters. The molecule has 5 nitrogen and oxygen atoms in total. The first kappa shape index (κ1) is 14.3. The minimum absolute atomic E-state index is 0.223. The van der Waals surface area contributed by atoms with Crippen LogP contribution in [0.3, 0.4) is 0 Å². The van der Waals surface area contributed by atoms with Gasteiger partial charge in [-0.2, -0.15) is 4.98 Å². The van der Waals surface area contributed by atoms with Gasteiger partial charge < -0.3 is 15.8 Å². The Balaban J connectivity index is 2.24. The molecule has 0 amide bonds. The first-order chi connectivity index (χ1) is 9.61. The third-order valence-corrected chi connectivity index (χ3v) is 2.71. The fourth-order valence-corrected chi connectivity index (χ4v) is 1.67. The Labute approximate surface area is 120 Å². The van der Waals surface area contributed by atoms with Gasteiger partial charge in [-0.15, -0.1) is 0 Å². The number of hydrogen-bond acceptors (Lipinski definition) is 5. The number of nitrogens with zero attached hydrogens (tertiary/aromatic N) is 2. The second-order valence-electron chi connectivity index (χ2n) is 4.04. The first-order valence-corrected chi connectivity index (χ1v) is 6.45. The van der Waals surface area contributed by atoms with Crippen molar-refractivity contribution in [3.63, 3.8) is 0 Å². The number of anilines is 3. The molecule has 0 radical (unpaired) electrons. The van der Waals surface area contributed by atoms with E-state index in [4.69, 9.17) is 22.1 Å². The van der Waals surface area contributed by atoms with Gasteiger partial charge in [-0.1, -0.05) is 18.5 Å². The summed E-state index contributed by atoms with van der Waals surface area (Å²) in [6.07, 6.45) is 2.13. The molecule has 2 rings (SSSR count). The molecule has 0 fully saturated rings. The molecule has 0 aliphatic heterocycles. The average Bonchev–Trinajstić information content (AvgIpc) is 2.42. The summed E-state index contributed by atoms with van der Waals surface area (Å²) in [6, 6.07) is 4.28. The molecule has 0 saturated carbocycles. The van der Waals surface area contributed by atoms with Crippen LogP contribution in [0, 0.1) is 5.82 Å². The van der Waals surface area contributed by atoms with Gasteiger partial charge in [0.25, 0.3) is 0 Å². The molecule has 106 valence electrons. The van der Waals surface area contributed by atoms with E-state index in [2.05, 4.69) is 15.3 Å². The highest BCUT2D eigenvalue weighted by Gasteiger charge is 2.11. The molecule has 0 unspecified atom stereocenters. The van der Waals surface area contributed by atoms with Gasteiger partial charge in [0.2, 0.25) is 5.88 Å². The Morgan fingerprint density at radius 2 is 2.20 bits per heavy atom. The fourth-order valence-electron chi connectivity index (χ4n) is 1.51. The molecule has 0 saturated heterocycles. The zero-order valence-corrected chi connectivity index (χ0v) is 11.6. The largest absolute Gasteiger partial charge is 0.476 e. The average molecular weight is 297 g/mol. The summed E-state index contributed by atoms with van der Waals surface area (Å²) in [4.78, 5) is 7.92. The molecule has 1 aromatic heterocycles. The van der Waals surface area contributed by atoms with Gasteiger partial charge in [-0.25, -0.2) is 9.37 Å². The summed E-state index contributed by atoms with van der Waals surface area (Å²) >= 11 is 5.70. The minimum atomic E-state index is -0.494. The van der Waals surface area contributed by atoms with E-state index in [-0.39, 0.29) is 23.1 Å². The molecule has 0 spiro atoms. The smallest absolute Gasteiger partial charge is 0.242 e. The number of rotatable bonds is 5. The fraction of sp³-hybridized carbons (Fsp3) is 0.231. The van der Waals surface area contributed by atoms with E-state index in [1.165, 1.54) is 18.5 Å². The van der Waals surface area contributed by atoms with E-state index < -0.39 is 5.82 Å². The van der Waals surface area contributed by atoms with Gasteiger partial charge in [0.05, 0.1) is 12.3 Å². The van der Waals surface area contributed by atoms with Gasteiger partial charge >= 0.3 is 0 Å². The van der Waals surface area contributed by atoms with Gasteiger partial charge in [-0.05, 0) is 24.6 Å². The third kappa shape index (κ3) is 3.27. The number of ether oxygens (including phenoxy) is 1. The molecule has 0 bridgehead atoms. The number of halogens is 2.